The highest BCUT2D eigenvalue weighted by Crippen LogP contribution is 2.54. The van der Waals surface area contributed by atoms with Crippen LogP contribution in [0.4, 0.5) is 47.3 Å². The predicted octanol–water partition coefficient (Wildman–Crippen LogP) is 9.15. The summed E-state index contributed by atoms with van der Waals surface area (Å²) < 4.78 is 91.2. The maximum absolute atomic E-state index is 14.7. The van der Waals surface area contributed by atoms with Crippen LogP contribution in [0.25, 0.3) is 11.0 Å². The molecule has 6 aliphatic rings. The molecule has 3 N–H and O–H groups in total. The molecule has 1 saturated carbocycles. The van der Waals surface area contributed by atoms with Crippen LogP contribution < -0.4 is 29.5 Å². The summed E-state index contributed by atoms with van der Waals surface area (Å²) in [5, 5.41) is 16.3. The van der Waals surface area contributed by atoms with E-state index in [0.717, 1.165) is 66.8 Å². The molecule has 1 aliphatic carbocycles. The van der Waals surface area contributed by atoms with Crippen LogP contribution in [0.3, 0.4) is 0 Å². The number of carbonyl (C=O) groups is 1. The SMILES string of the molecule is Cc1ccccc1[C@@H]1CN(c2cccnc2C(F)(F)F)CCN1C1CC2(CCN(c3ccc(C(=O)NS(=O)(=O)c4ccc(NCC5CCOCC5)c([N+](=O)[O-])c4)c(N4c5cc6cc[nH]c6nc5O[C@H]5COCC[C@@H]54)c3)CC2)C1. The van der Waals surface area contributed by atoms with Gasteiger partial charge in [0, 0.05) is 94.7 Å². The third-order valence-electron chi connectivity index (χ3n) is 17.1. The summed E-state index contributed by atoms with van der Waals surface area (Å²) in [4.78, 5) is 46.4. The summed E-state index contributed by atoms with van der Waals surface area (Å²) in [7, 11) is -4.65. The molecule has 0 bridgehead atoms. The van der Waals surface area contributed by atoms with Crippen molar-refractivity contribution in [1.82, 2.24) is 24.6 Å². The summed E-state index contributed by atoms with van der Waals surface area (Å²) in [5.74, 6) is -0.351. The number of rotatable bonds is 12. The number of hydrogen-bond acceptors (Lipinski definition) is 15. The van der Waals surface area contributed by atoms with Crippen LogP contribution in [-0.2, 0) is 25.7 Å². The number of amides is 1. The fraction of sp³-hybridized carbons (Fsp3) is 0.446. The second kappa shape index (κ2) is 20.7. The van der Waals surface area contributed by atoms with E-state index in [-0.39, 0.29) is 53.0 Å². The van der Waals surface area contributed by atoms with E-state index in [2.05, 4.69) is 48.9 Å². The number of fused-ring (bicyclic) bond motifs is 3. The van der Waals surface area contributed by atoms with E-state index in [1.54, 1.807) is 18.3 Å². The monoisotopic (exact) mass is 1090 g/mol. The number of H-pyrrole nitrogens is 1. The van der Waals surface area contributed by atoms with E-state index in [9.17, 15) is 36.5 Å². The first kappa shape index (κ1) is 51.7. The standard InChI is InChI=1S/C56H61F3N10O8S/c1-35-5-2-3-6-41(35)49-33-66(45-7-4-18-60-51(45)56(57,58)59)22-23-67(49)39-30-55(31-39)16-20-65(21-17-55)38-8-10-42(46(28-38)68-44-15-26-76-34-50(44)77-54-48(68)27-37-12-19-61-52(37)63-54)53(70)64-78(73,74)40-9-11-43(47(29-40)69(71)72)62-32-36-13-24-75-25-14-36/h2-12,18-19,27-29,36,39,44,49-50,62H,13-17,20-26,30-34H2,1H3,(H,61,63)(H,64,70)/t44-,49-,50-/m0/s1. The van der Waals surface area contributed by atoms with Crippen molar-refractivity contribution in [3.63, 3.8) is 0 Å². The molecule has 5 fully saturated rings. The molecule has 3 aromatic heterocycles. The summed E-state index contributed by atoms with van der Waals surface area (Å²) in [5.41, 5.74) is 3.80. The van der Waals surface area contributed by atoms with Crippen molar-refractivity contribution in [2.45, 2.75) is 87.2 Å². The molecule has 18 nitrogen and oxygen atoms in total. The molecule has 0 radical (unpaired) electrons. The van der Waals surface area contributed by atoms with Gasteiger partial charge in [-0.25, -0.2) is 18.1 Å². The van der Waals surface area contributed by atoms with Gasteiger partial charge in [0.2, 0.25) is 5.88 Å². The van der Waals surface area contributed by atoms with Crippen molar-refractivity contribution in [3.8, 4) is 5.88 Å². The molecule has 0 unspecified atom stereocenters. The molecule has 12 rings (SSSR count). The number of nitrogens with one attached hydrogen (secondary N) is 3. The molecule has 78 heavy (non-hydrogen) atoms. The Kier molecular flexibility index (Phi) is 13.7. The second-order valence-corrected chi connectivity index (χ2v) is 23.4. The summed E-state index contributed by atoms with van der Waals surface area (Å²) in [6, 6.07) is 23.9. The van der Waals surface area contributed by atoms with E-state index in [4.69, 9.17) is 19.2 Å². The van der Waals surface area contributed by atoms with E-state index < -0.39 is 49.4 Å². The van der Waals surface area contributed by atoms with Gasteiger partial charge in [-0.1, -0.05) is 24.3 Å². The van der Waals surface area contributed by atoms with E-state index in [1.807, 2.05) is 46.2 Å². The number of carbonyl (C=O) groups excluding carboxylic acids is 1. The van der Waals surface area contributed by atoms with Gasteiger partial charge < -0.3 is 39.2 Å². The van der Waals surface area contributed by atoms with Gasteiger partial charge in [-0.05, 0) is 129 Å². The van der Waals surface area contributed by atoms with Gasteiger partial charge in [0.25, 0.3) is 21.6 Å². The zero-order valence-corrected chi connectivity index (χ0v) is 43.9. The lowest BCUT2D eigenvalue weighted by atomic mass is 9.59. The van der Waals surface area contributed by atoms with Gasteiger partial charge >= 0.3 is 6.18 Å². The highest BCUT2D eigenvalue weighted by Gasteiger charge is 2.51. The normalized spacial score (nSPS) is 22.1. The Balaban J connectivity index is 0.811. The second-order valence-electron chi connectivity index (χ2n) is 21.7. The Labute approximate surface area is 449 Å². The number of anilines is 5. The molecule has 1 amide bonds. The highest BCUT2D eigenvalue weighted by molar-refractivity contribution is 7.90. The number of nitro benzene ring substituents is 1. The quantitative estimate of drug-likeness (QED) is 0.0773. The van der Waals surface area contributed by atoms with Crippen molar-refractivity contribution in [2.24, 2.45) is 11.3 Å². The van der Waals surface area contributed by atoms with Crippen molar-refractivity contribution < 1.29 is 45.5 Å². The highest BCUT2D eigenvalue weighted by atomic mass is 32.2. The van der Waals surface area contributed by atoms with Gasteiger partial charge in [0.15, 0.2) is 5.69 Å². The van der Waals surface area contributed by atoms with Gasteiger partial charge in [0.05, 0.1) is 45.4 Å². The average Bonchev–Trinajstić information content (AvgIpc) is 4.06. The number of sulfonamides is 1. The Morgan fingerprint density at radius 1 is 0.897 bits per heavy atom. The predicted molar refractivity (Wildman–Crippen MR) is 287 cm³/mol. The molecule has 3 aromatic carbocycles. The average molecular weight is 1090 g/mol. The minimum Gasteiger partial charge on any atom is -0.468 e. The number of nitro groups is 1. The maximum Gasteiger partial charge on any atom is 0.435 e. The lowest BCUT2D eigenvalue weighted by Gasteiger charge is -2.58. The Morgan fingerprint density at radius 3 is 2.47 bits per heavy atom. The molecule has 1 spiro atoms. The number of benzene rings is 3. The lowest BCUT2D eigenvalue weighted by Crippen LogP contribution is -2.60. The van der Waals surface area contributed by atoms with Crippen molar-refractivity contribution >= 4 is 61.1 Å². The Hall–Kier alpha value is -7.01. The number of aromatic nitrogens is 3. The van der Waals surface area contributed by atoms with Gasteiger partial charge in [-0.2, -0.15) is 18.2 Å². The molecule has 6 aromatic rings. The number of hydrogen-bond donors (Lipinski definition) is 3. The molecular weight excluding hydrogens is 1030 g/mol. The van der Waals surface area contributed by atoms with Crippen LogP contribution in [-0.4, -0.2) is 123 Å². The first-order valence-electron chi connectivity index (χ1n) is 26.8. The summed E-state index contributed by atoms with van der Waals surface area (Å²) in [6.07, 6.45) is 3.75. The first-order valence-corrected chi connectivity index (χ1v) is 28.3. The van der Waals surface area contributed by atoms with Crippen LogP contribution in [0, 0.1) is 28.4 Å². The number of piperidine rings is 1. The van der Waals surface area contributed by atoms with Crippen LogP contribution in [0.2, 0.25) is 0 Å². The number of halogens is 3. The number of aromatic amines is 1. The molecule has 4 saturated heterocycles. The molecule has 410 valence electrons. The minimum atomic E-state index is -4.65. The van der Waals surface area contributed by atoms with Crippen LogP contribution in [0.5, 0.6) is 5.88 Å². The van der Waals surface area contributed by atoms with Gasteiger partial charge in [-0.3, -0.25) is 19.8 Å². The number of piperazine rings is 1. The third kappa shape index (κ3) is 9.95. The van der Waals surface area contributed by atoms with Crippen molar-refractivity contribution in [1.29, 1.82) is 0 Å². The maximum atomic E-state index is 14.7. The minimum absolute atomic E-state index is 0.0654. The lowest BCUT2D eigenvalue weighted by molar-refractivity contribution is -0.384. The summed E-state index contributed by atoms with van der Waals surface area (Å²) >= 11 is 0. The number of alkyl halides is 3. The first-order chi connectivity index (χ1) is 37.6. The smallest absolute Gasteiger partial charge is 0.435 e. The Bertz CT molecular complexity index is 3360. The number of aryl methyl sites for hydroxylation is 1. The van der Waals surface area contributed by atoms with Crippen LogP contribution in [0.1, 0.15) is 78.2 Å². The van der Waals surface area contributed by atoms with Crippen LogP contribution >= 0.6 is 0 Å². The molecular formula is C56H61F3N10O8S. The van der Waals surface area contributed by atoms with Crippen molar-refractivity contribution in [2.75, 3.05) is 85.7 Å². The fourth-order valence-corrected chi connectivity index (χ4v) is 13.8. The van der Waals surface area contributed by atoms with Crippen molar-refractivity contribution in [3.05, 3.63) is 130 Å². The zero-order valence-electron chi connectivity index (χ0n) is 43.1. The van der Waals surface area contributed by atoms with Gasteiger partial charge in [-0.15, -0.1) is 0 Å². The zero-order chi connectivity index (χ0) is 53.9. The Morgan fingerprint density at radius 2 is 1.69 bits per heavy atom. The summed E-state index contributed by atoms with van der Waals surface area (Å²) in [6.45, 7) is 7.28. The van der Waals surface area contributed by atoms with Gasteiger partial charge in [0.1, 0.15) is 23.1 Å². The van der Waals surface area contributed by atoms with E-state index in [0.29, 0.717) is 88.4 Å². The molecule has 22 heteroatoms. The third-order valence-corrected chi connectivity index (χ3v) is 18.4. The number of pyridine rings is 2. The molecule has 8 heterocycles. The fourth-order valence-electron chi connectivity index (χ4n) is 12.9. The largest absolute Gasteiger partial charge is 0.468 e. The topological polar surface area (TPSA) is 201 Å². The van der Waals surface area contributed by atoms with E-state index in [1.165, 1.54) is 24.4 Å². The van der Waals surface area contributed by atoms with Crippen LogP contribution in [0.15, 0.2) is 102 Å². The molecule has 5 aliphatic heterocycles. The molecule has 3 atom stereocenters. The van der Waals surface area contributed by atoms with E-state index >= 15 is 0 Å². The number of nitrogens with zero attached hydrogens (tertiary/aromatic N) is 7. The number of ether oxygens (including phenoxy) is 3.